The Kier molecular flexibility index (Phi) is 16.4. The van der Waals surface area contributed by atoms with E-state index in [9.17, 15) is 19.2 Å². The Morgan fingerprint density at radius 2 is 1.49 bits per heavy atom. The molecule has 0 aliphatic carbocycles. The number of piperidine rings is 1. The van der Waals surface area contributed by atoms with E-state index < -0.39 is 17.6 Å². The maximum atomic E-state index is 13.8. The zero-order chi connectivity index (χ0) is 41.5. The van der Waals surface area contributed by atoms with Crippen LogP contribution in [0, 0.1) is 6.92 Å². The molecular weight excluding hydrogens is 729 g/mol. The molecule has 1 heterocycles. The number of rotatable bonds is 17. The Labute approximate surface area is 337 Å². The number of hydrogen-bond donors (Lipinski definition) is 3. The number of para-hydroxylation sites is 1. The van der Waals surface area contributed by atoms with E-state index >= 15 is 0 Å². The Morgan fingerprint density at radius 1 is 0.807 bits per heavy atom. The van der Waals surface area contributed by atoms with Gasteiger partial charge in [-0.3, -0.25) is 9.59 Å². The van der Waals surface area contributed by atoms with Gasteiger partial charge in [0.1, 0.15) is 22.8 Å². The van der Waals surface area contributed by atoms with Crippen molar-refractivity contribution in [1.29, 1.82) is 0 Å². The number of amides is 5. The van der Waals surface area contributed by atoms with E-state index in [1.54, 1.807) is 70.3 Å². The van der Waals surface area contributed by atoms with E-state index in [1.807, 2.05) is 30.0 Å². The van der Waals surface area contributed by atoms with Crippen LogP contribution in [0.5, 0.6) is 17.2 Å². The number of nitrogens with zero attached hydrogens (tertiary/aromatic N) is 3. The fourth-order valence-corrected chi connectivity index (χ4v) is 6.27. The number of likely N-dealkylation sites (tertiary alicyclic amines) is 1. The first-order valence-electron chi connectivity index (χ1n) is 19.6. The van der Waals surface area contributed by atoms with Gasteiger partial charge in [-0.05, 0) is 122 Å². The van der Waals surface area contributed by atoms with E-state index in [2.05, 4.69) is 34.9 Å². The molecular formula is C43H60N6O8. The van der Waals surface area contributed by atoms with Gasteiger partial charge in [0.25, 0.3) is 11.8 Å². The second-order valence-corrected chi connectivity index (χ2v) is 15.3. The first-order chi connectivity index (χ1) is 27.2. The average molecular weight is 789 g/mol. The summed E-state index contributed by atoms with van der Waals surface area (Å²) in [6, 6.07) is 17.9. The molecule has 14 nitrogen and oxygen atoms in total. The normalized spacial score (nSPS) is 13.1. The molecule has 5 amide bonds. The Hall–Kier alpha value is -5.50. The highest BCUT2D eigenvalue weighted by Gasteiger charge is 2.24. The molecule has 0 bridgehead atoms. The van der Waals surface area contributed by atoms with E-state index in [0.29, 0.717) is 71.9 Å². The second-order valence-electron chi connectivity index (χ2n) is 15.3. The van der Waals surface area contributed by atoms with Crippen LogP contribution in [0.25, 0.3) is 0 Å². The summed E-state index contributed by atoms with van der Waals surface area (Å²) in [4.78, 5) is 57.4. The first kappa shape index (κ1) is 44.2. The molecule has 1 aliphatic rings. The minimum absolute atomic E-state index is 0.0177. The molecule has 3 aromatic carbocycles. The number of urea groups is 1. The Balaban J connectivity index is 1.29. The van der Waals surface area contributed by atoms with E-state index in [4.69, 9.17) is 18.9 Å². The molecule has 310 valence electrons. The highest BCUT2D eigenvalue weighted by Crippen LogP contribution is 2.32. The molecule has 1 saturated heterocycles. The number of carbonyl (C=O) groups is 4. The minimum Gasteiger partial charge on any atom is -0.495 e. The molecule has 57 heavy (non-hydrogen) atoms. The quantitative estimate of drug-likeness (QED) is 0.127. The maximum absolute atomic E-state index is 13.8. The molecule has 4 rings (SSSR count). The van der Waals surface area contributed by atoms with Crippen LogP contribution in [0.2, 0.25) is 0 Å². The lowest BCUT2D eigenvalue weighted by molar-refractivity contribution is 0.0525. The lowest BCUT2D eigenvalue weighted by Gasteiger charge is -2.35. The van der Waals surface area contributed by atoms with Crippen LogP contribution in [0.4, 0.5) is 21.0 Å². The first-order valence-corrected chi connectivity index (χ1v) is 19.6. The monoisotopic (exact) mass is 788 g/mol. The van der Waals surface area contributed by atoms with Gasteiger partial charge in [-0.15, -0.1) is 0 Å². The molecule has 0 saturated carbocycles. The zero-order valence-corrected chi connectivity index (χ0v) is 34.7. The van der Waals surface area contributed by atoms with Crippen LogP contribution in [0.1, 0.15) is 79.2 Å². The van der Waals surface area contributed by atoms with Gasteiger partial charge in [0.05, 0.1) is 37.3 Å². The SMILES string of the molecule is COc1cc(C(=O)N(C)c2ccc(C)cc2OCCCCNC(=O)N2CCC(N(C)C)CC2)ccc1NC(=O)c1ccccc1OCCCNC(=O)OC(C)(C)C. The lowest BCUT2D eigenvalue weighted by Crippen LogP contribution is -2.48. The number of benzene rings is 3. The number of ether oxygens (including phenoxy) is 4. The summed E-state index contributed by atoms with van der Waals surface area (Å²) >= 11 is 0. The van der Waals surface area contributed by atoms with Gasteiger partial charge >= 0.3 is 12.1 Å². The third kappa shape index (κ3) is 13.6. The summed E-state index contributed by atoms with van der Waals surface area (Å²) in [5.74, 6) is 0.552. The fraction of sp³-hybridized carbons (Fsp3) is 0.488. The van der Waals surface area contributed by atoms with E-state index in [0.717, 1.165) is 44.3 Å². The standard InChI is InChI=1S/C43H60N6O8/c1-30-16-19-35(38(28-30)56-26-12-11-22-44-41(52)49-24-20-32(21-25-49)47(5)6)48(7)40(51)31-17-18-34(37(29-31)54-8)46-39(50)33-14-9-10-15-36(33)55-27-13-23-45-42(53)57-43(2,3)4/h9-10,14-19,28-29,32H,11-13,20-27H2,1-8H3,(H,44,52)(H,45,53)(H,46,50). The van der Waals surface area contributed by atoms with Crippen molar-refractivity contribution in [3.8, 4) is 17.2 Å². The molecule has 14 heteroatoms. The number of anilines is 2. The van der Waals surface area contributed by atoms with Gasteiger partial charge in [0, 0.05) is 44.8 Å². The van der Waals surface area contributed by atoms with Crippen molar-refractivity contribution >= 4 is 35.3 Å². The molecule has 0 spiro atoms. The number of nitrogens with one attached hydrogen (secondary N) is 3. The number of unbranched alkanes of at least 4 members (excludes halogenated alkanes) is 1. The van der Waals surface area contributed by atoms with Crippen molar-refractivity contribution < 1.29 is 38.1 Å². The Bertz CT molecular complexity index is 1820. The summed E-state index contributed by atoms with van der Waals surface area (Å²) in [5, 5.41) is 8.60. The zero-order valence-electron chi connectivity index (χ0n) is 34.7. The van der Waals surface area contributed by atoms with Crippen LogP contribution >= 0.6 is 0 Å². The van der Waals surface area contributed by atoms with Crippen molar-refractivity contribution in [1.82, 2.24) is 20.4 Å². The van der Waals surface area contributed by atoms with Crippen LogP contribution in [0.3, 0.4) is 0 Å². The summed E-state index contributed by atoms with van der Waals surface area (Å²) in [7, 11) is 7.32. The van der Waals surface area contributed by atoms with Gasteiger partial charge in [0.15, 0.2) is 0 Å². The maximum Gasteiger partial charge on any atom is 0.407 e. The summed E-state index contributed by atoms with van der Waals surface area (Å²) in [6.45, 7) is 10.5. The molecule has 0 radical (unpaired) electrons. The van der Waals surface area contributed by atoms with Gasteiger partial charge in [-0.25, -0.2) is 9.59 Å². The minimum atomic E-state index is -0.586. The predicted molar refractivity (Wildman–Crippen MR) is 222 cm³/mol. The van der Waals surface area contributed by atoms with Crippen LogP contribution in [0.15, 0.2) is 60.7 Å². The highest BCUT2D eigenvalue weighted by molar-refractivity contribution is 6.09. The number of carbonyl (C=O) groups excluding carboxylic acids is 4. The van der Waals surface area contributed by atoms with Gasteiger partial charge < -0.3 is 49.6 Å². The second kappa shape index (κ2) is 21.1. The third-order valence-corrected chi connectivity index (χ3v) is 9.44. The summed E-state index contributed by atoms with van der Waals surface area (Å²) in [6.07, 6.45) is 3.44. The predicted octanol–water partition coefficient (Wildman–Crippen LogP) is 6.72. The molecule has 0 aromatic heterocycles. The van der Waals surface area contributed by atoms with Crippen LogP contribution in [-0.2, 0) is 4.74 Å². The number of aryl methyl sites for hydroxylation is 1. The number of alkyl carbamates (subject to hydrolysis) is 1. The highest BCUT2D eigenvalue weighted by atomic mass is 16.6. The lowest BCUT2D eigenvalue weighted by atomic mass is 10.0. The molecule has 1 aliphatic heterocycles. The molecule has 3 aromatic rings. The van der Waals surface area contributed by atoms with Crippen molar-refractivity contribution in [2.45, 2.75) is 71.4 Å². The number of methoxy groups -OCH3 is 1. The third-order valence-electron chi connectivity index (χ3n) is 9.44. The Morgan fingerprint density at radius 3 is 2.19 bits per heavy atom. The molecule has 3 N–H and O–H groups in total. The topological polar surface area (TPSA) is 151 Å². The van der Waals surface area contributed by atoms with Gasteiger partial charge in [0.2, 0.25) is 0 Å². The van der Waals surface area contributed by atoms with Crippen molar-refractivity contribution in [3.05, 3.63) is 77.4 Å². The summed E-state index contributed by atoms with van der Waals surface area (Å²) in [5.41, 5.74) is 2.05. The van der Waals surface area contributed by atoms with Crippen LogP contribution in [-0.4, -0.2) is 113 Å². The average Bonchev–Trinajstić information content (AvgIpc) is 3.18. The fourth-order valence-electron chi connectivity index (χ4n) is 6.27. The largest absolute Gasteiger partial charge is 0.495 e. The van der Waals surface area contributed by atoms with E-state index in [1.165, 1.54) is 12.0 Å². The smallest absolute Gasteiger partial charge is 0.407 e. The number of hydrogen-bond acceptors (Lipinski definition) is 9. The molecule has 0 unspecified atom stereocenters. The summed E-state index contributed by atoms with van der Waals surface area (Å²) < 4.78 is 22.9. The van der Waals surface area contributed by atoms with E-state index in [-0.39, 0.29) is 18.5 Å². The molecule has 1 fully saturated rings. The van der Waals surface area contributed by atoms with Crippen molar-refractivity contribution in [2.75, 3.05) is 77.9 Å². The van der Waals surface area contributed by atoms with Crippen molar-refractivity contribution in [3.63, 3.8) is 0 Å². The van der Waals surface area contributed by atoms with Crippen LogP contribution < -0.4 is 35.1 Å². The molecule has 0 atom stereocenters. The van der Waals surface area contributed by atoms with Crippen molar-refractivity contribution in [2.24, 2.45) is 0 Å². The van der Waals surface area contributed by atoms with Gasteiger partial charge in [-0.2, -0.15) is 0 Å². The van der Waals surface area contributed by atoms with Gasteiger partial charge in [-0.1, -0.05) is 18.2 Å².